The van der Waals surface area contributed by atoms with E-state index in [0.29, 0.717) is 16.3 Å². The molecule has 0 aliphatic heterocycles. The van der Waals surface area contributed by atoms with Gasteiger partial charge in [0.15, 0.2) is 5.76 Å². The summed E-state index contributed by atoms with van der Waals surface area (Å²) in [6.07, 6.45) is -5.98. The molecule has 0 atom stereocenters. The van der Waals surface area contributed by atoms with Crippen molar-refractivity contribution in [2.24, 2.45) is 0 Å². The molecule has 3 aromatic rings. The van der Waals surface area contributed by atoms with Gasteiger partial charge in [-0.1, -0.05) is 12.1 Å². The number of hydrogen-bond donors (Lipinski definition) is 1. The lowest BCUT2D eigenvalue weighted by atomic mass is 10.2. The summed E-state index contributed by atoms with van der Waals surface area (Å²) in [4.78, 5) is 12.1. The van der Waals surface area contributed by atoms with Gasteiger partial charge in [0.1, 0.15) is 23.0 Å². The summed E-state index contributed by atoms with van der Waals surface area (Å²) < 4.78 is 70.3. The minimum atomic E-state index is -2.99. The van der Waals surface area contributed by atoms with Gasteiger partial charge in [-0.2, -0.15) is 5.10 Å². The van der Waals surface area contributed by atoms with Gasteiger partial charge in [-0.15, -0.1) is 0 Å². The van der Waals surface area contributed by atoms with Gasteiger partial charge in [-0.05, 0) is 35.9 Å². The highest BCUT2D eigenvalue weighted by atomic mass is 19.3. The molecule has 0 bridgehead atoms. The summed E-state index contributed by atoms with van der Waals surface area (Å²) in [5, 5.41) is 6.02. The molecule has 2 aromatic heterocycles. The SMILES string of the molecule is O=C(NCc1ccc(F)cc1)c1ccc(Cn2nc(C(F)F)cc2C(F)F)o1. The van der Waals surface area contributed by atoms with E-state index in [2.05, 4.69) is 10.4 Å². The normalized spacial score (nSPS) is 11.4. The molecule has 5 nitrogen and oxygen atoms in total. The number of halogens is 5. The Morgan fingerprint density at radius 2 is 1.79 bits per heavy atom. The Kier molecular flexibility index (Phi) is 5.76. The first-order chi connectivity index (χ1) is 13.3. The highest BCUT2D eigenvalue weighted by Crippen LogP contribution is 2.26. The molecule has 1 aromatic carbocycles. The van der Waals surface area contributed by atoms with Crippen molar-refractivity contribution in [3.8, 4) is 0 Å². The monoisotopic (exact) mass is 399 g/mol. The van der Waals surface area contributed by atoms with Crippen molar-refractivity contribution in [3.05, 3.63) is 76.8 Å². The lowest BCUT2D eigenvalue weighted by Gasteiger charge is -2.05. The third-order valence-electron chi connectivity index (χ3n) is 3.83. The fourth-order valence-corrected chi connectivity index (χ4v) is 2.47. The van der Waals surface area contributed by atoms with Crippen molar-refractivity contribution in [1.29, 1.82) is 0 Å². The number of carbonyl (C=O) groups is 1. The minimum Gasteiger partial charge on any atom is -0.454 e. The summed E-state index contributed by atoms with van der Waals surface area (Å²) >= 11 is 0. The van der Waals surface area contributed by atoms with Crippen LogP contribution in [-0.4, -0.2) is 15.7 Å². The second-order valence-electron chi connectivity index (χ2n) is 5.83. The Morgan fingerprint density at radius 3 is 2.43 bits per heavy atom. The van der Waals surface area contributed by atoms with Gasteiger partial charge in [0.25, 0.3) is 18.8 Å². The van der Waals surface area contributed by atoms with E-state index in [9.17, 15) is 26.7 Å². The highest BCUT2D eigenvalue weighted by molar-refractivity contribution is 5.91. The number of aromatic nitrogens is 2. The van der Waals surface area contributed by atoms with E-state index in [1.54, 1.807) is 0 Å². The number of benzene rings is 1. The van der Waals surface area contributed by atoms with Crippen LogP contribution in [0.2, 0.25) is 0 Å². The molecule has 0 saturated heterocycles. The summed E-state index contributed by atoms with van der Waals surface area (Å²) in [6.45, 7) is -0.209. The molecule has 0 unspecified atom stereocenters. The maximum atomic E-state index is 13.0. The largest absolute Gasteiger partial charge is 0.454 e. The fraction of sp³-hybridized carbons (Fsp3) is 0.222. The number of carbonyl (C=O) groups excluding carboxylic acids is 1. The molecule has 3 rings (SSSR count). The average molecular weight is 399 g/mol. The number of hydrogen-bond acceptors (Lipinski definition) is 3. The van der Waals surface area contributed by atoms with Gasteiger partial charge >= 0.3 is 0 Å². The number of nitrogens with one attached hydrogen (secondary N) is 1. The van der Waals surface area contributed by atoms with Gasteiger partial charge in [0.2, 0.25) is 0 Å². The first kappa shape index (κ1) is 19.6. The van der Waals surface area contributed by atoms with Gasteiger partial charge in [-0.25, -0.2) is 22.0 Å². The van der Waals surface area contributed by atoms with Crippen molar-refractivity contribution in [2.45, 2.75) is 25.9 Å². The van der Waals surface area contributed by atoms with Crippen molar-refractivity contribution in [3.63, 3.8) is 0 Å². The zero-order valence-electron chi connectivity index (χ0n) is 14.2. The van der Waals surface area contributed by atoms with Crippen LogP contribution in [0.25, 0.3) is 0 Å². The van der Waals surface area contributed by atoms with Crippen LogP contribution < -0.4 is 5.32 Å². The molecule has 0 aliphatic rings. The number of alkyl halides is 4. The first-order valence-corrected chi connectivity index (χ1v) is 8.09. The zero-order valence-corrected chi connectivity index (χ0v) is 14.2. The minimum absolute atomic E-state index is 0.0862. The summed E-state index contributed by atoms with van der Waals surface area (Å²) in [7, 11) is 0. The molecule has 2 heterocycles. The quantitative estimate of drug-likeness (QED) is 0.597. The molecular formula is C18H14F5N3O2. The van der Waals surface area contributed by atoms with Crippen LogP contribution in [0.5, 0.6) is 0 Å². The number of amides is 1. The first-order valence-electron chi connectivity index (χ1n) is 8.09. The molecule has 28 heavy (non-hydrogen) atoms. The van der Waals surface area contributed by atoms with Crippen molar-refractivity contribution < 1.29 is 31.2 Å². The van der Waals surface area contributed by atoms with Gasteiger partial charge in [-0.3, -0.25) is 9.48 Å². The Bertz CT molecular complexity index is 951. The second kappa shape index (κ2) is 8.24. The molecule has 10 heteroatoms. The zero-order chi connectivity index (χ0) is 20.3. The molecule has 0 fully saturated rings. The maximum absolute atomic E-state index is 13.0. The smallest absolute Gasteiger partial charge is 0.287 e. The summed E-state index contributed by atoms with van der Waals surface area (Å²) in [5.41, 5.74) is -0.771. The summed E-state index contributed by atoms with van der Waals surface area (Å²) in [6, 6.07) is 8.85. The van der Waals surface area contributed by atoms with Gasteiger partial charge in [0, 0.05) is 6.54 Å². The van der Waals surface area contributed by atoms with Crippen molar-refractivity contribution in [2.75, 3.05) is 0 Å². The van der Waals surface area contributed by atoms with E-state index < -0.39 is 36.0 Å². The molecule has 0 radical (unpaired) electrons. The third kappa shape index (κ3) is 4.56. The Labute approximate surface area is 155 Å². The van der Waals surface area contributed by atoms with Crippen LogP contribution in [-0.2, 0) is 13.1 Å². The Balaban J connectivity index is 1.67. The molecule has 0 aliphatic carbocycles. The number of furan rings is 1. The molecule has 148 valence electrons. The standard InChI is InChI=1S/C18H14F5N3O2/c19-11-3-1-10(2-4-11)8-24-18(27)15-6-5-12(28-15)9-26-14(17(22)23)7-13(25-26)16(20)21/h1-7,16-17H,8-9H2,(H,24,27). The van der Waals surface area contributed by atoms with Crippen LogP contribution >= 0.6 is 0 Å². The second-order valence-corrected chi connectivity index (χ2v) is 5.83. The molecule has 0 spiro atoms. The maximum Gasteiger partial charge on any atom is 0.287 e. The summed E-state index contributed by atoms with van der Waals surface area (Å²) in [5.74, 6) is -0.962. The van der Waals surface area contributed by atoms with Crippen molar-refractivity contribution in [1.82, 2.24) is 15.1 Å². The van der Waals surface area contributed by atoms with Crippen LogP contribution in [0, 0.1) is 5.82 Å². The average Bonchev–Trinajstić information content (AvgIpc) is 3.29. The Morgan fingerprint density at radius 1 is 1.07 bits per heavy atom. The molecule has 0 saturated carbocycles. The molecule has 1 amide bonds. The van der Waals surface area contributed by atoms with E-state index in [4.69, 9.17) is 4.42 Å². The highest BCUT2D eigenvalue weighted by Gasteiger charge is 2.22. The van der Waals surface area contributed by atoms with E-state index >= 15 is 0 Å². The van der Waals surface area contributed by atoms with E-state index in [1.807, 2.05) is 0 Å². The predicted molar refractivity (Wildman–Crippen MR) is 87.5 cm³/mol. The lowest BCUT2D eigenvalue weighted by molar-refractivity contribution is 0.0920. The van der Waals surface area contributed by atoms with Crippen LogP contribution in [0.4, 0.5) is 22.0 Å². The van der Waals surface area contributed by atoms with Gasteiger partial charge < -0.3 is 9.73 Å². The number of rotatable bonds is 7. The predicted octanol–water partition coefficient (Wildman–Crippen LogP) is 4.47. The van der Waals surface area contributed by atoms with E-state index in [0.717, 1.165) is 0 Å². The Hall–Kier alpha value is -3.17. The topological polar surface area (TPSA) is 60.1 Å². The fourth-order valence-electron chi connectivity index (χ4n) is 2.47. The van der Waals surface area contributed by atoms with E-state index in [1.165, 1.54) is 36.4 Å². The lowest BCUT2D eigenvalue weighted by Crippen LogP contribution is -2.22. The van der Waals surface area contributed by atoms with Crippen molar-refractivity contribution >= 4 is 5.91 Å². The van der Waals surface area contributed by atoms with Crippen LogP contribution in [0.1, 0.15) is 46.1 Å². The molecule has 1 N–H and O–H groups in total. The van der Waals surface area contributed by atoms with E-state index in [-0.39, 0.29) is 24.6 Å². The third-order valence-corrected chi connectivity index (χ3v) is 3.83. The molecular weight excluding hydrogens is 385 g/mol. The van der Waals surface area contributed by atoms with Crippen LogP contribution in [0.3, 0.4) is 0 Å². The van der Waals surface area contributed by atoms with Crippen LogP contribution in [0.15, 0.2) is 46.9 Å². The van der Waals surface area contributed by atoms with Gasteiger partial charge in [0.05, 0.1) is 6.54 Å². The number of nitrogens with zero attached hydrogens (tertiary/aromatic N) is 2.